The van der Waals surface area contributed by atoms with Crippen LogP contribution in [0.3, 0.4) is 0 Å². The Morgan fingerprint density at radius 2 is 1.81 bits per heavy atom. The predicted molar refractivity (Wildman–Crippen MR) is 61.3 cm³/mol. The highest BCUT2D eigenvalue weighted by Gasteiger charge is 2.02. The van der Waals surface area contributed by atoms with Crippen molar-refractivity contribution in [1.82, 2.24) is 0 Å². The summed E-state index contributed by atoms with van der Waals surface area (Å²) in [6, 6.07) is 14.3. The first-order valence-electron chi connectivity index (χ1n) is 4.97. The Morgan fingerprint density at radius 1 is 1.06 bits per heavy atom. The van der Waals surface area contributed by atoms with Crippen molar-refractivity contribution in [2.75, 3.05) is 0 Å². The predicted octanol–water partition coefficient (Wildman–Crippen LogP) is 3.67. The van der Waals surface area contributed by atoms with E-state index in [-0.39, 0.29) is 5.82 Å². The van der Waals surface area contributed by atoms with Gasteiger partial charge in [-0.15, -0.1) is 0 Å². The molecule has 1 nitrogen and oxygen atoms in total. The molecule has 0 radical (unpaired) electrons. The molecule has 0 heterocycles. The maximum atomic E-state index is 13.1. The summed E-state index contributed by atoms with van der Waals surface area (Å²) in [4.78, 5) is 0. The second kappa shape index (κ2) is 4.16. The fraction of sp³-hybridized carbons (Fsp3) is 0.0714. The topological polar surface area (TPSA) is 23.8 Å². The molecule has 78 valence electrons. The highest BCUT2D eigenvalue weighted by molar-refractivity contribution is 5.65. The maximum absolute atomic E-state index is 13.1. The largest absolute Gasteiger partial charge is 0.207 e. The molecule has 2 aromatic carbocycles. The van der Waals surface area contributed by atoms with Crippen LogP contribution >= 0.6 is 0 Å². The van der Waals surface area contributed by atoms with Crippen LogP contribution in [-0.4, -0.2) is 0 Å². The zero-order valence-electron chi connectivity index (χ0n) is 8.87. The molecule has 2 rings (SSSR count). The van der Waals surface area contributed by atoms with Gasteiger partial charge >= 0.3 is 0 Å². The highest BCUT2D eigenvalue weighted by atomic mass is 19.1. The van der Waals surface area contributed by atoms with Crippen LogP contribution in [0, 0.1) is 24.1 Å². The van der Waals surface area contributed by atoms with Crippen LogP contribution in [0.2, 0.25) is 0 Å². The summed E-state index contributed by atoms with van der Waals surface area (Å²) in [5.74, 6) is -0.208. The minimum atomic E-state index is -0.208. The Hall–Kier alpha value is -2.14. The lowest BCUT2D eigenvalue weighted by Gasteiger charge is -2.04. The Morgan fingerprint density at radius 3 is 2.50 bits per heavy atom. The second-order valence-electron chi connectivity index (χ2n) is 3.66. The van der Waals surface area contributed by atoms with Crippen LogP contribution in [0.4, 0.5) is 4.39 Å². The van der Waals surface area contributed by atoms with Crippen molar-refractivity contribution in [2.45, 2.75) is 6.92 Å². The van der Waals surface area contributed by atoms with E-state index in [1.165, 1.54) is 6.07 Å². The molecular formula is C14H10FN. The SMILES string of the molecule is Cc1cc(-c2cccc(C#N)c2)ccc1F. The molecule has 0 N–H and O–H groups in total. The summed E-state index contributed by atoms with van der Waals surface area (Å²) in [7, 11) is 0. The van der Waals surface area contributed by atoms with Gasteiger partial charge in [-0.05, 0) is 47.9 Å². The average molecular weight is 211 g/mol. The number of aryl methyl sites for hydroxylation is 1. The van der Waals surface area contributed by atoms with Gasteiger partial charge in [0.05, 0.1) is 11.6 Å². The molecule has 2 heteroatoms. The zero-order valence-corrected chi connectivity index (χ0v) is 8.87. The van der Waals surface area contributed by atoms with Crippen molar-refractivity contribution in [3.8, 4) is 17.2 Å². The van der Waals surface area contributed by atoms with Gasteiger partial charge < -0.3 is 0 Å². The molecule has 0 fully saturated rings. The van der Waals surface area contributed by atoms with Gasteiger partial charge in [0.25, 0.3) is 0 Å². The standard InChI is InChI=1S/C14H10FN/c1-10-7-13(5-6-14(10)15)12-4-2-3-11(8-12)9-16/h2-8H,1H3. The highest BCUT2D eigenvalue weighted by Crippen LogP contribution is 2.22. The summed E-state index contributed by atoms with van der Waals surface area (Å²) >= 11 is 0. The van der Waals surface area contributed by atoms with E-state index in [1.807, 2.05) is 12.1 Å². The Labute approximate surface area is 93.8 Å². The van der Waals surface area contributed by atoms with Crippen molar-refractivity contribution in [3.05, 3.63) is 59.4 Å². The molecule has 0 saturated heterocycles. The third-order valence-corrected chi connectivity index (χ3v) is 2.48. The molecule has 0 spiro atoms. The molecule has 0 bridgehead atoms. The average Bonchev–Trinajstić information content (AvgIpc) is 2.33. The van der Waals surface area contributed by atoms with E-state index in [0.29, 0.717) is 11.1 Å². The summed E-state index contributed by atoms with van der Waals surface area (Å²) < 4.78 is 13.1. The van der Waals surface area contributed by atoms with E-state index in [2.05, 4.69) is 6.07 Å². The van der Waals surface area contributed by atoms with E-state index < -0.39 is 0 Å². The van der Waals surface area contributed by atoms with Crippen LogP contribution in [0.15, 0.2) is 42.5 Å². The number of rotatable bonds is 1. The molecule has 0 saturated carbocycles. The van der Waals surface area contributed by atoms with E-state index >= 15 is 0 Å². The lowest BCUT2D eigenvalue weighted by Crippen LogP contribution is -1.85. The summed E-state index contributed by atoms with van der Waals surface area (Å²) in [6.07, 6.45) is 0. The van der Waals surface area contributed by atoms with Gasteiger partial charge in [-0.3, -0.25) is 0 Å². The molecule has 16 heavy (non-hydrogen) atoms. The zero-order chi connectivity index (χ0) is 11.5. The van der Waals surface area contributed by atoms with Gasteiger partial charge in [-0.2, -0.15) is 5.26 Å². The Balaban J connectivity index is 2.51. The molecule has 2 aromatic rings. The van der Waals surface area contributed by atoms with Crippen molar-refractivity contribution < 1.29 is 4.39 Å². The third-order valence-electron chi connectivity index (χ3n) is 2.48. The fourth-order valence-corrected chi connectivity index (χ4v) is 1.59. The smallest absolute Gasteiger partial charge is 0.126 e. The number of nitriles is 1. The van der Waals surface area contributed by atoms with Gasteiger partial charge in [0.1, 0.15) is 5.82 Å². The van der Waals surface area contributed by atoms with Crippen molar-refractivity contribution in [1.29, 1.82) is 5.26 Å². The minimum absolute atomic E-state index is 0.208. The van der Waals surface area contributed by atoms with Gasteiger partial charge in [0, 0.05) is 0 Å². The first-order valence-corrected chi connectivity index (χ1v) is 4.97. The number of benzene rings is 2. The van der Waals surface area contributed by atoms with Gasteiger partial charge in [-0.1, -0.05) is 18.2 Å². The van der Waals surface area contributed by atoms with Gasteiger partial charge in [0.15, 0.2) is 0 Å². The summed E-state index contributed by atoms with van der Waals surface area (Å²) in [6.45, 7) is 1.73. The number of hydrogen-bond donors (Lipinski definition) is 0. The van der Waals surface area contributed by atoms with Gasteiger partial charge in [-0.25, -0.2) is 4.39 Å². The first-order chi connectivity index (χ1) is 7.70. The van der Waals surface area contributed by atoms with Crippen LogP contribution in [0.25, 0.3) is 11.1 Å². The molecule has 0 atom stereocenters. The molecule has 0 unspecified atom stereocenters. The van der Waals surface area contributed by atoms with Crippen molar-refractivity contribution in [2.24, 2.45) is 0 Å². The minimum Gasteiger partial charge on any atom is -0.207 e. The van der Waals surface area contributed by atoms with Crippen LogP contribution in [-0.2, 0) is 0 Å². The summed E-state index contributed by atoms with van der Waals surface area (Å²) in [5, 5.41) is 8.80. The molecule has 0 aromatic heterocycles. The monoisotopic (exact) mass is 211 g/mol. The molecular weight excluding hydrogens is 201 g/mol. The lowest BCUT2D eigenvalue weighted by atomic mass is 10.0. The number of halogens is 1. The Bertz CT molecular complexity index is 567. The van der Waals surface area contributed by atoms with E-state index in [9.17, 15) is 4.39 Å². The molecule has 0 aliphatic rings. The van der Waals surface area contributed by atoms with Crippen molar-refractivity contribution >= 4 is 0 Å². The van der Waals surface area contributed by atoms with E-state index in [1.54, 1.807) is 31.2 Å². The van der Waals surface area contributed by atoms with E-state index in [0.717, 1.165) is 11.1 Å². The Kier molecular flexibility index (Phi) is 2.70. The van der Waals surface area contributed by atoms with E-state index in [4.69, 9.17) is 5.26 Å². The van der Waals surface area contributed by atoms with Crippen LogP contribution in [0.5, 0.6) is 0 Å². The van der Waals surface area contributed by atoms with Gasteiger partial charge in [0.2, 0.25) is 0 Å². The normalized spacial score (nSPS) is 9.81. The van der Waals surface area contributed by atoms with Crippen LogP contribution < -0.4 is 0 Å². The number of hydrogen-bond acceptors (Lipinski definition) is 1. The molecule has 0 aliphatic carbocycles. The maximum Gasteiger partial charge on any atom is 0.126 e. The summed E-state index contributed by atoms with van der Waals surface area (Å²) in [5.41, 5.74) is 3.08. The van der Waals surface area contributed by atoms with Crippen LogP contribution in [0.1, 0.15) is 11.1 Å². The third kappa shape index (κ3) is 1.94. The number of nitrogens with zero attached hydrogens (tertiary/aromatic N) is 1. The fourth-order valence-electron chi connectivity index (χ4n) is 1.59. The quantitative estimate of drug-likeness (QED) is 0.706. The second-order valence-corrected chi connectivity index (χ2v) is 3.66. The lowest BCUT2D eigenvalue weighted by molar-refractivity contribution is 0.619. The molecule has 0 aliphatic heterocycles. The van der Waals surface area contributed by atoms with Crippen molar-refractivity contribution in [3.63, 3.8) is 0 Å². The first kappa shape index (κ1) is 10.4. The molecule has 0 amide bonds.